The highest BCUT2D eigenvalue weighted by molar-refractivity contribution is 5.79. The van der Waals surface area contributed by atoms with Gasteiger partial charge in [-0.15, -0.1) is 0 Å². The van der Waals surface area contributed by atoms with E-state index in [4.69, 9.17) is 10.00 Å². The SMILES string of the molecule is CC(=O)OC1C[C@@H]2CC(C)(NCC(=O)N3C[C@@H](F)C[C@H]3C#N)C[C@H]2C1. The number of nitriles is 1. The monoisotopic (exact) mass is 351 g/mol. The smallest absolute Gasteiger partial charge is 0.302 e. The van der Waals surface area contributed by atoms with Crippen LogP contribution < -0.4 is 5.32 Å². The van der Waals surface area contributed by atoms with Gasteiger partial charge in [0.25, 0.3) is 0 Å². The van der Waals surface area contributed by atoms with Gasteiger partial charge >= 0.3 is 5.97 Å². The summed E-state index contributed by atoms with van der Waals surface area (Å²) >= 11 is 0. The summed E-state index contributed by atoms with van der Waals surface area (Å²) in [4.78, 5) is 24.8. The Bertz CT molecular complexity index is 577. The van der Waals surface area contributed by atoms with Crippen LogP contribution in [0.15, 0.2) is 0 Å². The van der Waals surface area contributed by atoms with E-state index in [1.165, 1.54) is 11.8 Å². The van der Waals surface area contributed by atoms with Crippen LogP contribution in [0.4, 0.5) is 4.39 Å². The first-order valence-corrected chi connectivity index (χ1v) is 9.05. The number of hydrogen-bond donors (Lipinski definition) is 1. The Morgan fingerprint density at radius 3 is 2.52 bits per heavy atom. The van der Waals surface area contributed by atoms with Crippen molar-refractivity contribution in [1.29, 1.82) is 5.26 Å². The van der Waals surface area contributed by atoms with Gasteiger partial charge in [-0.3, -0.25) is 9.59 Å². The predicted octanol–water partition coefficient (Wildman–Crippen LogP) is 1.55. The minimum Gasteiger partial charge on any atom is -0.463 e. The maximum Gasteiger partial charge on any atom is 0.302 e. The molecule has 1 N–H and O–H groups in total. The molecule has 3 rings (SSSR count). The fourth-order valence-corrected chi connectivity index (χ4v) is 4.95. The number of hydrogen-bond acceptors (Lipinski definition) is 5. The van der Waals surface area contributed by atoms with Gasteiger partial charge in [0, 0.05) is 18.9 Å². The first-order valence-electron chi connectivity index (χ1n) is 9.05. The predicted molar refractivity (Wildman–Crippen MR) is 88.0 cm³/mol. The van der Waals surface area contributed by atoms with Crippen molar-refractivity contribution in [2.45, 2.75) is 69.8 Å². The summed E-state index contributed by atoms with van der Waals surface area (Å²) in [5, 5.41) is 12.4. The fraction of sp³-hybridized carbons (Fsp3) is 0.833. The Morgan fingerprint density at radius 1 is 1.32 bits per heavy atom. The lowest BCUT2D eigenvalue weighted by Gasteiger charge is -2.29. The van der Waals surface area contributed by atoms with Crippen LogP contribution >= 0.6 is 0 Å². The zero-order valence-corrected chi connectivity index (χ0v) is 14.8. The van der Waals surface area contributed by atoms with E-state index in [1.54, 1.807) is 0 Å². The van der Waals surface area contributed by atoms with Gasteiger partial charge in [0.05, 0.1) is 19.2 Å². The molecule has 0 aromatic heterocycles. The number of rotatable bonds is 4. The van der Waals surface area contributed by atoms with Crippen molar-refractivity contribution >= 4 is 11.9 Å². The molecule has 1 heterocycles. The normalized spacial score (nSPS) is 33.9. The van der Waals surface area contributed by atoms with Gasteiger partial charge in [0.15, 0.2) is 0 Å². The average molecular weight is 351 g/mol. The third kappa shape index (κ3) is 3.95. The third-order valence-corrected chi connectivity index (χ3v) is 5.94. The van der Waals surface area contributed by atoms with Crippen LogP contribution in [0.3, 0.4) is 0 Å². The van der Waals surface area contributed by atoms with E-state index in [2.05, 4.69) is 12.2 Å². The quantitative estimate of drug-likeness (QED) is 0.777. The van der Waals surface area contributed by atoms with Gasteiger partial charge in [-0.05, 0) is 44.4 Å². The van der Waals surface area contributed by atoms with Crippen molar-refractivity contribution in [3.05, 3.63) is 0 Å². The van der Waals surface area contributed by atoms with Gasteiger partial charge in [-0.25, -0.2) is 4.39 Å². The lowest BCUT2D eigenvalue weighted by Crippen LogP contribution is -2.48. The number of nitrogens with one attached hydrogen (secondary N) is 1. The molecule has 0 radical (unpaired) electrons. The summed E-state index contributed by atoms with van der Waals surface area (Å²) in [5.41, 5.74) is -0.136. The summed E-state index contributed by atoms with van der Waals surface area (Å²) in [6.07, 6.45) is 2.70. The van der Waals surface area contributed by atoms with Crippen molar-refractivity contribution < 1.29 is 18.7 Å². The second-order valence-corrected chi connectivity index (χ2v) is 8.07. The number of alkyl halides is 1. The van der Waals surface area contributed by atoms with Gasteiger partial charge in [0.1, 0.15) is 18.3 Å². The van der Waals surface area contributed by atoms with E-state index in [9.17, 15) is 14.0 Å². The number of halogens is 1. The van der Waals surface area contributed by atoms with Crippen molar-refractivity contribution in [1.82, 2.24) is 10.2 Å². The minimum absolute atomic E-state index is 0.0186. The molecule has 0 bridgehead atoms. The molecule has 0 spiro atoms. The Kier molecular flexibility index (Phi) is 5.01. The van der Waals surface area contributed by atoms with Crippen molar-refractivity contribution in [2.75, 3.05) is 13.1 Å². The van der Waals surface area contributed by atoms with Crippen LogP contribution in [0, 0.1) is 23.2 Å². The van der Waals surface area contributed by atoms with E-state index in [-0.39, 0.29) is 43.0 Å². The van der Waals surface area contributed by atoms with Crippen LogP contribution in [-0.2, 0) is 14.3 Å². The standard InChI is InChI=1S/C18H26FN3O3/c1-11(23)25-16-3-12-6-18(2,7-13(12)4-16)21-9-17(24)22-10-14(19)5-15(22)8-20/h12-16,21H,3-7,9-10H2,1-2H3/t12-,13-,14+,15+,16?,18?/m1/s1. The van der Waals surface area contributed by atoms with Crippen LogP contribution in [0.5, 0.6) is 0 Å². The highest BCUT2D eigenvalue weighted by Crippen LogP contribution is 2.49. The number of likely N-dealkylation sites (tertiary alicyclic amines) is 1. The molecule has 0 aromatic rings. The molecule has 1 aliphatic heterocycles. The molecule has 25 heavy (non-hydrogen) atoms. The van der Waals surface area contributed by atoms with Crippen molar-refractivity contribution in [3.8, 4) is 6.07 Å². The zero-order valence-electron chi connectivity index (χ0n) is 14.8. The van der Waals surface area contributed by atoms with Crippen LogP contribution in [0.1, 0.15) is 46.0 Å². The number of esters is 1. The fourth-order valence-electron chi connectivity index (χ4n) is 4.95. The molecular weight excluding hydrogens is 325 g/mol. The number of nitrogens with zero attached hydrogens (tertiary/aromatic N) is 2. The molecule has 2 aliphatic carbocycles. The van der Waals surface area contributed by atoms with E-state index >= 15 is 0 Å². The maximum absolute atomic E-state index is 13.5. The highest BCUT2D eigenvalue weighted by atomic mass is 19.1. The number of amides is 1. The average Bonchev–Trinajstić information content (AvgIpc) is 3.15. The number of ether oxygens (including phenoxy) is 1. The van der Waals surface area contributed by atoms with Gasteiger partial charge in [-0.2, -0.15) is 5.26 Å². The molecule has 4 atom stereocenters. The summed E-state index contributed by atoms with van der Waals surface area (Å²) in [5.74, 6) is 0.583. The van der Waals surface area contributed by atoms with E-state index in [0.717, 1.165) is 25.7 Å². The van der Waals surface area contributed by atoms with Crippen LogP contribution in [-0.4, -0.2) is 53.7 Å². The summed E-state index contributed by atoms with van der Waals surface area (Å²) in [6.45, 7) is 3.71. The maximum atomic E-state index is 13.5. The lowest BCUT2D eigenvalue weighted by atomic mass is 9.95. The second kappa shape index (κ2) is 6.91. The number of fused-ring (bicyclic) bond motifs is 1. The van der Waals surface area contributed by atoms with Crippen LogP contribution in [0.25, 0.3) is 0 Å². The summed E-state index contributed by atoms with van der Waals surface area (Å²) in [7, 11) is 0. The second-order valence-electron chi connectivity index (χ2n) is 8.07. The highest BCUT2D eigenvalue weighted by Gasteiger charge is 2.48. The molecule has 6 nitrogen and oxygen atoms in total. The molecule has 2 saturated carbocycles. The molecule has 1 saturated heterocycles. The van der Waals surface area contributed by atoms with Crippen LogP contribution in [0.2, 0.25) is 0 Å². The van der Waals surface area contributed by atoms with E-state index in [1.807, 2.05) is 6.07 Å². The van der Waals surface area contributed by atoms with Gasteiger partial charge in [0.2, 0.25) is 5.91 Å². The van der Waals surface area contributed by atoms with Gasteiger partial charge < -0.3 is 15.0 Å². The summed E-state index contributed by atoms with van der Waals surface area (Å²) in [6, 6.07) is 1.36. The topological polar surface area (TPSA) is 82.4 Å². The Hall–Kier alpha value is -1.68. The van der Waals surface area contributed by atoms with Crippen molar-refractivity contribution in [2.24, 2.45) is 11.8 Å². The Morgan fingerprint density at radius 2 is 1.96 bits per heavy atom. The number of carbonyl (C=O) groups excluding carboxylic acids is 2. The zero-order chi connectivity index (χ0) is 18.2. The first-order chi connectivity index (χ1) is 11.8. The minimum atomic E-state index is -1.10. The van der Waals surface area contributed by atoms with E-state index < -0.39 is 12.2 Å². The van der Waals surface area contributed by atoms with Crippen molar-refractivity contribution in [3.63, 3.8) is 0 Å². The Labute approximate surface area is 147 Å². The first kappa shape index (κ1) is 18.1. The molecular formula is C18H26FN3O3. The molecule has 138 valence electrons. The molecule has 0 aromatic carbocycles. The summed E-state index contributed by atoms with van der Waals surface area (Å²) < 4.78 is 18.8. The lowest BCUT2D eigenvalue weighted by molar-refractivity contribution is -0.146. The van der Waals surface area contributed by atoms with E-state index in [0.29, 0.717) is 11.8 Å². The molecule has 3 fully saturated rings. The van der Waals surface area contributed by atoms with Gasteiger partial charge in [-0.1, -0.05) is 0 Å². The Balaban J connectivity index is 1.49. The molecule has 3 aliphatic rings. The molecule has 7 heteroatoms. The number of carbonyl (C=O) groups is 2. The third-order valence-electron chi connectivity index (χ3n) is 5.94. The largest absolute Gasteiger partial charge is 0.463 e. The molecule has 0 unspecified atom stereocenters. The molecule has 1 amide bonds.